The molecule has 1 aliphatic heterocycles. The highest BCUT2D eigenvalue weighted by molar-refractivity contribution is 7.88. The van der Waals surface area contributed by atoms with Crippen molar-refractivity contribution in [3.05, 3.63) is 0 Å². The van der Waals surface area contributed by atoms with Crippen molar-refractivity contribution < 1.29 is 34.2 Å². The number of rotatable bonds is 5. The number of piperidine rings is 1. The van der Waals surface area contributed by atoms with Gasteiger partial charge in [-0.25, -0.2) is 12.7 Å². The molecule has 1 fully saturated rings. The van der Waals surface area contributed by atoms with Crippen molar-refractivity contribution >= 4 is 20.1 Å². The minimum absolute atomic E-state index is 0.0450. The molecule has 1 rings (SSSR count). The second kappa shape index (κ2) is 6.16. The van der Waals surface area contributed by atoms with E-state index in [0.717, 1.165) is 6.26 Å². The summed E-state index contributed by atoms with van der Waals surface area (Å²) in [5, 5.41) is 0. The molecule has 11 heteroatoms. The predicted molar refractivity (Wildman–Crippen MR) is 64.7 cm³/mol. The van der Waals surface area contributed by atoms with Gasteiger partial charge in [-0.2, -0.15) is 21.6 Å². The van der Waals surface area contributed by atoms with Crippen molar-refractivity contribution in [3.8, 4) is 0 Å². The van der Waals surface area contributed by atoms with E-state index in [4.69, 9.17) is 0 Å². The van der Waals surface area contributed by atoms with E-state index in [1.54, 1.807) is 0 Å². The van der Waals surface area contributed by atoms with Crippen LogP contribution in [-0.2, 0) is 24.3 Å². The fourth-order valence-corrected chi connectivity index (χ4v) is 3.24. The van der Waals surface area contributed by atoms with Crippen LogP contribution < -0.4 is 0 Å². The second-order valence-electron chi connectivity index (χ2n) is 4.62. The zero-order valence-electron chi connectivity index (χ0n) is 10.8. The van der Waals surface area contributed by atoms with Gasteiger partial charge in [-0.15, -0.1) is 0 Å². The normalized spacial score (nSPS) is 20.2. The molecule has 0 aliphatic carbocycles. The molecule has 0 N–H and O–H groups in total. The number of sulfonamides is 1. The first-order chi connectivity index (χ1) is 8.93. The van der Waals surface area contributed by atoms with Crippen LogP contribution in [0.15, 0.2) is 0 Å². The third-order valence-corrected chi connectivity index (χ3v) is 5.44. The topological polar surface area (TPSA) is 80.8 Å². The average Bonchev–Trinajstić information content (AvgIpc) is 2.26. The van der Waals surface area contributed by atoms with Crippen molar-refractivity contribution in [2.75, 3.05) is 26.0 Å². The van der Waals surface area contributed by atoms with Crippen molar-refractivity contribution in [1.82, 2.24) is 4.31 Å². The third-order valence-electron chi connectivity index (χ3n) is 3.09. The smallest absolute Gasteiger partial charge is 0.263 e. The molecule has 0 atom stereocenters. The van der Waals surface area contributed by atoms with Gasteiger partial charge in [0.05, 0.1) is 12.9 Å². The Morgan fingerprint density at radius 2 is 1.65 bits per heavy atom. The van der Waals surface area contributed by atoms with Crippen LogP contribution in [0.5, 0.6) is 0 Å². The summed E-state index contributed by atoms with van der Waals surface area (Å²) in [5.74, 6) is -0.0450. The van der Waals surface area contributed by atoms with Gasteiger partial charge in [0.2, 0.25) is 10.0 Å². The second-order valence-corrected chi connectivity index (χ2v) is 8.21. The lowest BCUT2D eigenvalue weighted by Crippen LogP contribution is -2.38. The van der Waals surface area contributed by atoms with Crippen LogP contribution in [0.2, 0.25) is 0 Å². The van der Waals surface area contributed by atoms with Gasteiger partial charge in [0, 0.05) is 13.1 Å². The lowest BCUT2D eigenvalue weighted by Gasteiger charge is -2.30. The van der Waals surface area contributed by atoms with Crippen LogP contribution in [-0.4, -0.2) is 52.6 Å². The van der Waals surface area contributed by atoms with Crippen LogP contribution >= 0.6 is 0 Å². The van der Waals surface area contributed by atoms with Crippen LogP contribution in [0.3, 0.4) is 0 Å². The van der Waals surface area contributed by atoms with E-state index in [-0.39, 0.29) is 25.4 Å². The monoisotopic (exact) mass is 339 g/mol. The van der Waals surface area contributed by atoms with Gasteiger partial charge >= 0.3 is 15.6 Å². The molecule has 0 aromatic rings. The Kier molecular flexibility index (Phi) is 5.44. The molecule has 20 heavy (non-hydrogen) atoms. The van der Waals surface area contributed by atoms with Gasteiger partial charge in [0.1, 0.15) is 0 Å². The maximum absolute atomic E-state index is 12.0. The molecule has 0 radical (unpaired) electrons. The van der Waals surface area contributed by atoms with Gasteiger partial charge in [-0.1, -0.05) is 0 Å². The van der Waals surface area contributed by atoms with Gasteiger partial charge < -0.3 is 0 Å². The molecular weight excluding hydrogens is 323 g/mol. The SMILES string of the molecule is CS(=O)(=O)N1CCC(CCOS(=O)(=O)C(F)(F)F)CC1. The molecule has 0 aromatic carbocycles. The number of halogens is 3. The lowest BCUT2D eigenvalue weighted by molar-refractivity contribution is -0.0545. The summed E-state index contributed by atoms with van der Waals surface area (Å²) in [5.41, 5.74) is -5.41. The van der Waals surface area contributed by atoms with E-state index in [2.05, 4.69) is 4.18 Å². The molecule has 1 saturated heterocycles. The molecule has 1 heterocycles. The van der Waals surface area contributed by atoms with Crippen molar-refractivity contribution in [2.24, 2.45) is 5.92 Å². The molecule has 120 valence electrons. The highest BCUT2D eigenvalue weighted by Crippen LogP contribution is 2.26. The van der Waals surface area contributed by atoms with Gasteiger partial charge in [0.25, 0.3) is 0 Å². The Labute approximate surface area is 116 Å². The molecule has 0 aromatic heterocycles. The maximum Gasteiger partial charge on any atom is 0.523 e. The molecule has 0 bridgehead atoms. The Morgan fingerprint density at radius 1 is 1.15 bits per heavy atom. The Balaban J connectivity index is 2.36. The lowest BCUT2D eigenvalue weighted by atomic mass is 9.95. The van der Waals surface area contributed by atoms with E-state index >= 15 is 0 Å². The minimum Gasteiger partial charge on any atom is -0.263 e. The van der Waals surface area contributed by atoms with Gasteiger partial charge in [-0.3, -0.25) is 4.18 Å². The van der Waals surface area contributed by atoms with Crippen molar-refractivity contribution in [3.63, 3.8) is 0 Å². The first kappa shape index (κ1) is 17.7. The molecule has 1 aliphatic rings. The molecule has 0 unspecified atom stereocenters. The minimum atomic E-state index is -5.54. The molecule has 6 nitrogen and oxygen atoms in total. The third kappa shape index (κ3) is 4.86. The predicted octanol–water partition coefficient (Wildman–Crippen LogP) is 0.914. The highest BCUT2D eigenvalue weighted by atomic mass is 32.2. The number of alkyl halides is 3. The van der Waals surface area contributed by atoms with Crippen LogP contribution in [0, 0.1) is 5.92 Å². The van der Waals surface area contributed by atoms with Gasteiger partial charge in [-0.05, 0) is 25.2 Å². The van der Waals surface area contributed by atoms with Crippen LogP contribution in [0.1, 0.15) is 19.3 Å². The van der Waals surface area contributed by atoms with Crippen LogP contribution in [0.25, 0.3) is 0 Å². The molecule has 0 spiro atoms. The molecule has 0 saturated carbocycles. The summed E-state index contributed by atoms with van der Waals surface area (Å²) in [6, 6.07) is 0. The fourth-order valence-electron chi connectivity index (χ4n) is 1.92. The standard InChI is InChI=1S/C9H16F3NO5S2/c1-19(14,15)13-5-2-8(3-6-13)4-7-18-20(16,17)9(10,11)12/h8H,2-7H2,1H3. The zero-order chi connectivity index (χ0) is 15.6. The summed E-state index contributed by atoms with van der Waals surface area (Å²) in [6.07, 6.45) is 2.18. The summed E-state index contributed by atoms with van der Waals surface area (Å²) in [4.78, 5) is 0. The maximum atomic E-state index is 12.0. The quantitative estimate of drug-likeness (QED) is 0.549. The zero-order valence-corrected chi connectivity index (χ0v) is 12.4. The number of hydrogen-bond donors (Lipinski definition) is 0. The van der Waals surface area contributed by atoms with Crippen molar-refractivity contribution in [2.45, 2.75) is 24.8 Å². The van der Waals surface area contributed by atoms with Gasteiger partial charge in [0.15, 0.2) is 0 Å². The van der Waals surface area contributed by atoms with Crippen LogP contribution in [0.4, 0.5) is 13.2 Å². The first-order valence-electron chi connectivity index (χ1n) is 5.84. The summed E-state index contributed by atoms with van der Waals surface area (Å²) in [6.45, 7) is 0.0242. The fraction of sp³-hybridized carbons (Fsp3) is 1.00. The van der Waals surface area contributed by atoms with Crippen molar-refractivity contribution in [1.29, 1.82) is 0 Å². The van der Waals surface area contributed by atoms with E-state index < -0.39 is 32.3 Å². The molecule has 0 amide bonds. The number of hydrogen-bond acceptors (Lipinski definition) is 5. The van der Waals surface area contributed by atoms with E-state index in [1.165, 1.54) is 4.31 Å². The van der Waals surface area contributed by atoms with E-state index in [9.17, 15) is 30.0 Å². The Morgan fingerprint density at radius 3 is 2.05 bits per heavy atom. The van der Waals surface area contributed by atoms with E-state index in [0.29, 0.717) is 12.8 Å². The highest BCUT2D eigenvalue weighted by Gasteiger charge is 2.47. The summed E-state index contributed by atoms with van der Waals surface area (Å²) in [7, 11) is -8.79. The summed E-state index contributed by atoms with van der Waals surface area (Å²) < 4.78 is 85.0. The Bertz CT molecular complexity index is 520. The Hall–Kier alpha value is -0.390. The largest absolute Gasteiger partial charge is 0.523 e. The summed E-state index contributed by atoms with van der Waals surface area (Å²) >= 11 is 0. The first-order valence-corrected chi connectivity index (χ1v) is 9.10. The average molecular weight is 339 g/mol. The number of nitrogens with zero attached hydrogens (tertiary/aromatic N) is 1. The molecular formula is C9H16F3NO5S2. The van der Waals surface area contributed by atoms with E-state index in [1.807, 2.05) is 0 Å².